The zero-order valence-electron chi connectivity index (χ0n) is 15.7. The van der Waals surface area contributed by atoms with Crippen LogP contribution in [-0.2, 0) is 6.61 Å². The van der Waals surface area contributed by atoms with Gasteiger partial charge in [-0.1, -0.05) is 45.2 Å². The Morgan fingerprint density at radius 3 is 2.73 bits per heavy atom. The number of H-pyrrole nitrogens is 1. The fourth-order valence-electron chi connectivity index (χ4n) is 3.41. The SMILES string of the molecule is Cc1[nH]nc2c1C(c1cc(Br)ccc1OCc1c(Cl)cccc1Cl)C(C#N)=C(N)O2. The number of hydrogen-bond acceptors (Lipinski definition) is 5. The monoisotopic (exact) mass is 504 g/mol. The summed E-state index contributed by atoms with van der Waals surface area (Å²) in [6, 6.07) is 13.0. The van der Waals surface area contributed by atoms with E-state index in [0.717, 1.165) is 21.3 Å². The van der Waals surface area contributed by atoms with Gasteiger partial charge in [0.1, 0.15) is 24.0 Å². The summed E-state index contributed by atoms with van der Waals surface area (Å²) in [6.45, 7) is 2.02. The molecule has 0 saturated carbocycles. The summed E-state index contributed by atoms with van der Waals surface area (Å²) in [7, 11) is 0. The summed E-state index contributed by atoms with van der Waals surface area (Å²) in [5.74, 6) is 0.413. The van der Waals surface area contributed by atoms with Gasteiger partial charge in [-0.3, -0.25) is 5.10 Å². The average molecular weight is 506 g/mol. The molecule has 9 heteroatoms. The topological polar surface area (TPSA) is 97.0 Å². The number of nitrogens with one attached hydrogen (secondary N) is 1. The van der Waals surface area contributed by atoms with Gasteiger partial charge < -0.3 is 15.2 Å². The molecule has 1 aromatic heterocycles. The van der Waals surface area contributed by atoms with Crippen molar-refractivity contribution in [1.82, 2.24) is 10.2 Å². The molecule has 30 heavy (non-hydrogen) atoms. The number of hydrogen-bond donors (Lipinski definition) is 2. The number of nitriles is 1. The van der Waals surface area contributed by atoms with Crippen LogP contribution in [-0.4, -0.2) is 10.2 Å². The molecule has 0 spiro atoms. The third-order valence-electron chi connectivity index (χ3n) is 4.85. The summed E-state index contributed by atoms with van der Waals surface area (Å²) in [6.07, 6.45) is 0. The summed E-state index contributed by atoms with van der Waals surface area (Å²) in [4.78, 5) is 0. The van der Waals surface area contributed by atoms with Crippen LogP contribution in [0.3, 0.4) is 0 Å². The molecule has 2 heterocycles. The Balaban J connectivity index is 1.81. The van der Waals surface area contributed by atoms with Crippen molar-refractivity contribution >= 4 is 39.1 Å². The molecule has 152 valence electrons. The quantitative estimate of drug-likeness (QED) is 0.482. The number of aryl methyl sites for hydroxylation is 1. The summed E-state index contributed by atoms with van der Waals surface area (Å²) < 4.78 is 12.5. The Bertz CT molecular complexity index is 1200. The van der Waals surface area contributed by atoms with E-state index < -0.39 is 5.92 Å². The smallest absolute Gasteiger partial charge is 0.244 e. The zero-order valence-corrected chi connectivity index (χ0v) is 18.8. The molecule has 0 radical (unpaired) electrons. The lowest BCUT2D eigenvalue weighted by molar-refractivity contribution is 0.301. The van der Waals surface area contributed by atoms with Crippen molar-refractivity contribution in [3.8, 4) is 17.7 Å². The summed E-state index contributed by atoms with van der Waals surface area (Å²) in [5, 5.41) is 17.9. The molecule has 3 N–H and O–H groups in total. The second-order valence-corrected chi connectivity index (χ2v) is 8.39. The Hall–Kier alpha value is -2.66. The lowest BCUT2D eigenvalue weighted by Gasteiger charge is -2.25. The lowest BCUT2D eigenvalue weighted by atomic mass is 9.83. The number of allylic oxidation sites excluding steroid dienone is 1. The van der Waals surface area contributed by atoms with E-state index in [9.17, 15) is 5.26 Å². The van der Waals surface area contributed by atoms with Crippen LogP contribution < -0.4 is 15.2 Å². The van der Waals surface area contributed by atoms with E-state index in [2.05, 4.69) is 32.2 Å². The van der Waals surface area contributed by atoms with Crippen molar-refractivity contribution in [3.05, 3.63) is 84.8 Å². The van der Waals surface area contributed by atoms with Crippen LogP contribution in [0.15, 0.2) is 52.3 Å². The molecule has 0 fully saturated rings. The number of ether oxygens (including phenoxy) is 2. The molecule has 0 aliphatic carbocycles. The Morgan fingerprint density at radius 2 is 2.03 bits per heavy atom. The number of nitrogens with zero attached hydrogens (tertiary/aromatic N) is 2. The van der Waals surface area contributed by atoms with Crippen LogP contribution in [0.2, 0.25) is 10.0 Å². The molecule has 1 unspecified atom stereocenters. The highest BCUT2D eigenvalue weighted by molar-refractivity contribution is 9.10. The number of nitrogens with two attached hydrogens (primary N) is 1. The highest BCUT2D eigenvalue weighted by Crippen LogP contribution is 2.46. The Kier molecular flexibility index (Phi) is 5.65. The number of rotatable bonds is 4. The standard InChI is InChI=1S/C21H15BrCl2N4O2/c1-10-18-19(13(8-25)20(26)30-21(18)28-27-10)12-7-11(22)5-6-17(12)29-9-14-15(23)3-2-4-16(14)24/h2-7,19H,9,26H2,1H3,(H,27,28). The van der Waals surface area contributed by atoms with E-state index >= 15 is 0 Å². The fraction of sp³-hybridized carbons (Fsp3) is 0.143. The number of aromatic amines is 1. The van der Waals surface area contributed by atoms with Crippen molar-refractivity contribution in [3.63, 3.8) is 0 Å². The molecule has 0 saturated heterocycles. The lowest BCUT2D eigenvalue weighted by Crippen LogP contribution is -2.21. The van der Waals surface area contributed by atoms with Crippen molar-refractivity contribution in [2.75, 3.05) is 0 Å². The maximum absolute atomic E-state index is 9.80. The van der Waals surface area contributed by atoms with E-state index in [4.69, 9.17) is 38.4 Å². The molecule has 1 atom stereocenters. The normalized spacial score (nSPS) is 15.4. The van der Waals surface area contributed by atoms with Gasteiger partial charge >= 0.3 is 0 Å². The van der Waals surface area contributed by atoms with Crippen LogP contribution in [0, 0.1) is 18.3 Å². The first-order valence-corrected chi connectivity index (χ1v) is 10.4. The first kappa shape index (κ1) is 20.6. The fourth-order valence-corrected chi connectivity index (χ4v) is 4.29. The molecule has 6 nitrogen and oxygen atoms in total. The maximum atomic E-state index is 9.80. The van der Waals surface area contributed by atoms with Gasteiger partial charge in [0.15, 0.2) is 0 Å². The van der Waals surface area contributed by atoms with Crippen molar-refractivity contribution in [2.24, 2.45) is 5.73 Å². The molecule has 2 aromatic carbocycles. The third-order valence-corrected chi connectivity index (χ3v) is 6.05. The van der Waals surface area contributed by atoms with Gasteiger partial charge in [-0.05, 0) is 37.3 Å². The minimum Gasteiger partial charge on any atom is -0.488 e. The van der Waals surface area contributed by atoms with Crippen molar-refractivity contribution < 1.29 is 9.47 Å². The highest BCUT2D eigenvalue weighted by atomic mass is 79.9. The Morgan fingerprint density at radius 1 is 1.30 bits per heavy atom. The number of halogens is 3. The second kappa shape index (κ2) is 8.23. The van der Waals surface area contributed by atoms with E-state index in [1.807, 2.05) is 25.1 Å². The van der Waals surface area contributed by atoms with E-state index in [0.29, 0.717) is 27.2 Å². The van der Waals surface area contributed by atoms with E-state index in [1.165, 1.54) is 0 Å². The van der Waals surface area contributed by atoms with Gasteiger partial charge in [-0.25, -0.2) is 0 Å². The summed E-state index contributed by atoms with van der Waals surface area (Å²) >= 11 is 16.1. The molecule has 4 rings (SSSR count). The van der Waals surface area contributed by atoms with Crippen LogP contribution in [0.4, 0.5) is 0 Å². The van der Waals surface area contributed by atoms with Gasteiger partial charge in [0.25, 0.3) is 0 Å². The Labute approximate surface area is 191 Å². The predicted octanol–water partition coefficient (Wildman–Crippen LogP) is 5.58. The minimum atomic E-state index is -0.508. The maximum Gasteiger partial charge on any atom is 0.244 e. The van der Waals surface area contributed by atoms with Crippen molar-refractivity contribution in [2.45, 2.75) is 19.4 Å². The predicted molar refractivity (Wildman–Crippen MR) is 118 cm³/mol. The first-order chi connectivity index (χ1) is 14.4. The molecule has 0 amide bonds. The molecular formula is C21H15BrCl2N4O2. The van der Waals surface area contributed by atoms with Crippen LogP contribution >= 0.6 is 39.1 Å². The van der Waals surface area contributed by atoms with Gasteiger partial charge in [-0.15, -0.1) is 5.10 Å². The summed E-state index contributed by atoms with van der Waals surface area (Å²) in [5.41, 5.74) is 9.24. The van der Waals surface area contributed by atoms with Gasteiger partial charge in [0, 0.05) is 36.9 Å². The van der Waals surface area contributed by atoms with Crippen LogP contribution in [0.1, 0.15) is 28.3 Å². The van der Waals surface area contributed by atoms with Crippen molar-refractivity contribution in [1.29, 1.82) is 5.26 Å². The van der Waals surface area contributed by atoms with E-state index in [-0.39, 0.29) is 18.1 Å². The third kappa shape index (κ3) is 3.63. The van der Waals surface area contributed by atoms with Gasteiger partial charge in [-0.2, -0.15) is 5.26 Å². The van der Waals surface area contributed by atoms with Crippen LogP contribution in [0.5, 0.6) is 11.6 Å². The largest absolute Gasteiger partial charge is 0.488 e. The first-order valence-electron chi connectivity index (χ1n) is 8.88. The number of benzene rings is 2. The van der Waals surface area contributed by atoms with E-state index in [1.54, 1.807) is 18.2 Å². The average Bonchev–Trinajstić information content (AvgIpc) is 3.07. The highest BCUT2D eigenvalue weighted by Gasteiger charge is 2.36. The molecule has 0 bridgehead atoms. The van der Waals surface area contributed by atoms with Crippen LogP contribution in [0.25, 0.3) is 0 Å². The number of aromatic nitrogens is 2. The molecular weight excluding hydrogens is 491 g/mol. The van der Waals surface area contributed by atoms with Gasteiger partial charge in [0.05, 0.1) is 5.92 Å². The molecule has 3 aromatic rings. The zero-order chi connectivity index (χ0) is 21.4. The number of fused-ring (bicyclic) bond motifs is 1. The molecule has 1 aliphatic rings. The molecule has 1 aliphatic heterocycles. The minimum absolute atomic E-state index is 0.0153. The second-order valence-electron chi connectivity index (χ2n) is 6.66. The van der Waals surface area contributed by atoms with Gasteiger partial charge in [0.2, 0.25) is 11.8 Å².